The van der Waals surface area contributed by atoms with Crippen molar-refractivity contribution in [2.45, 2.75) is 42.7 Å². The minimum atomic E-state index is -3.52. The van der Waals surface area contributed by atoms with E-state index in [1.165, 1.54) is 0 Å². The average molecular weight is 564 g/mol. The predicted octanol–water partition coefficient (Wildman–Crippen LogP) is 3.62. The summed E-state index contributed by atoms with van der Waals surface area (Å²) < 4.78 is 31.4. The zero-order valence-electron chi connectivity index (χ0n) is 22.6. The fraction of sp³-hybridized carbons (Fsp3) is 0.355. The first-order chi connectivity index (χ1) is 19.4. The molecule has 0 saturated carbocycles. The smallest absolute Gasteiger partial charge is 0.318 e. The van der Waals surface area contributed by atoms with Crippen LogP contribution in [0.15, 0.2) is 95.9 Å². The van der Waals surface area contributed by atoms with Crippen LogP contribution in [-0.4, -0.2) is 69.4 Å². The van der Waals surface area contributed by atoms with Crippen LogP contribution in [0.4, 0.5) is 4.79 Å². The number of rotatable bonds is 12. The van der Waals surface area contributed by atoms with Gasteiger partial charge in [0.1, 0.15) is 6.04 Å². The van der Waals surface area contributed by atoms with Gasteiger partial charge in [-0.3, -0.25) is 4.79 Å². The van der Waals surface area contributed by atoms with Crippen molar-refractivity contribution in [1.29, 1.82) is 0 Å². The normalized spacial score (nSPS) is 15.2. The van der Waals surface area contributed by atoms with Gasteiger partial charge >= 0.3 is 6.03 Å². The van der Waals surface area contributed by atoms with Crippen LogP contribution in [0.25, 0.3) is 0 Å². The van der Waals surface area contributed by atoms with Crippen LogP contribution >= 0.6 is 0 Å². The first kappa shape index (κ1) is 29.3. The lowest BCUT2D eigenvalue weighted by molar-refractivity contribution is -0.123. The van der Waals surface area contributed by atoms with E-state index in [-0.39, 0.29) is 29.0 Å². The molecule has 0 bridgehead atoms. The lowest BCUT2D eigenvalue weighted by atomic mass is 10.0. The highest BCUT2D eigenvalue weighted by molar-refractivity contribution is 7.91. The highest BCUT2D eigenvalue weighted by Gasteiger charge is 2.27. The largest absolute Gasteiger partial charge is 0.378 e. The molecule has 212 valence electrons. The molecule has 9 heteroatoms. The number of hydrogen-bond donors (Lipinski definition) is 2. The quantitative estimate of drug-likeness (QED) is 0.350. The Bertz CT molecular complexity index is 1310. The van der Waals surface area contributed by atoms with E-state index in [0.717, 1.165) is 11.1 Å². The molecule has 1 aliphatic rings. The summed E-state index contributed by atoms with van der Waals surface area (Å²) in [4.78, 5) is 28.6. The number of morpholine rings is 1. The number of benzene rings is 3. The highest BCUT2D eigenvalue weighted by Crippen LogP contribution is 2.15. The minimum absolute atomic E-state index is 0.0970. The number of carbonyl (C=O) groups excluding carboxylic acids is 2. The van der Waals surface area contributed by atoms with Gasteiger partial charge in [0.2, 0.25) is 5.91 Å². The SMILES string of the molecule is O=C(NC(CCc1ccccc1)CCS(=O)(=O)c1ccccc1)C(Cc1ccccc1)NC(=O)N1CCOCC1. The first-order valence-corrected chi connectivity index (χ1v) is 15.3. The zero-order valence-corrected chi connectivity index (χ0v) is 23.4. The average Bonchev–Trinajstić information content (AvgIpc) is 3.00. The second-order valence-electron chi connectivity index (χ2n) is 9.94. The molecule has 2 unspecified atom stereocenters. The Hall–Kier alpha value is -3.69. The molecule has 2 atom stereocenters. The number of carbonyl (C=O) groups is 2. The molecule has 1 heterocycles. The number of nitrogens with zero attached hydrogens (tertiary/aromatic N) is 1. The Morgan fingerprint density at radius 2 is 1.35 bits per heavy atom. The van der Waals surface area contributed by atoms with Gasteiger partial charge in [-0.25, -0.2) is 13.2 Å². The maximum Gasteiger partial charge on any atom is 0.318 e. The van der Waals surface area contributed by atoms with Crippen LogP contribution in [0, 0.1) is 0 Å². The van der Waals surface area contributed by atoms with Gasteiger partial charge in [-0.1, -0.05) is 78.9 Å². The Morgan fingerprint density at radius 1 is 0.775 bits per heavy atom. The number of urea groups is 1. The van der Waals surface area contributed by atoms with E-state index in [4.69, 9.17) is 4.74 Å². The molecule has 1 aliphatic heterocycles. The zero-order chi connectivity index (χ0) is 28.2. The number of aryl methyl sites for hydroxylation is 1. The van der Waals surface area contributed by atoms with E-state index in [9.17, 15) is 18.0 Å². The van der Waals surface area contributed by atoms with E-state index >= 15 is 0 Å². The fourth-order valence-corrected chi connectivity index (χ4v) is 6.09. The molecule has 1 saturated heterocycles. The van der Waals surface area contributed by atoms with Crippen LogP contribution in [-0.2, 0) is 32.2 Å². The Labute approximate surface area is 236 Å². The lowest BCUT2D eigenvalue weighted by Crippen LogP contribution is -2.55. The first-order valence-electron chi connectivity index (χ1n) is 13.7. The van der Waals surface area contributed by atoms with Gasteiger partial charge in [0.25, 0.3) is 0 Å². The van der Waals surface area contributed by atoms with Crippen molar-refractivity contribution in [2.75, 3.05) is 32.1 Å². The van der Waals surface area contributed by atoms with Crippen LogP contribution in [0.1, 0.15) is 24.0 Å². The van der Waals surface area contributed by atoms with Gasteiger partial charge in [-0.15, -0.1) is 0 Å². The summed E-state index contributed by atoms with van der Waals surface area (Å²) in [5.74, 6) is -0.430. The highest BCUT2D eigenvalue weighted by atomic mass is 32.2. The van der Waals surface area contributed by atoms with Gasteiger partial charge in [-0.2, -0.15) is 0 Å². The Morgan fingerprint density at radius 3 is 1.98 bits per heavy atom. The summed E-state index contributed by atoms with van der Waals surface area (Å²) in [6, 6.07) is 26.2. The third-order valence-corrected chi connectivity index (χ3v) is 8.77. The molecule has 3 aromatic rings. The van der Waals surface area contributed by atoms with Crippen LogP contribution in [0.5, 0.6) is 0 Å². The standard InChI is InChI=1S/C31H37N3O5S/c35-30(29(24-26-12-6-2-7-13-26)33-31(36)34-19-21-39-22-20-34)32-27(17-16-25-10-4-1-5-11-25)18-23-40(37,38)28-14-8-3-9-15-28/h1-15,27,29H,16-24H2,(H,32,35)(H,33,36). The van der Waals surface area contributed by atoms with Crippen LogP contribution in [0.2, 0.25) is 0 Å². The Balaban J connectivity index is 1.48. The minimum Gasteiger partial charge on any atom is -0.378 e. The third kappa shape index (κ3) is 8.93. The maximum atomic E-state index is 13.7. The summed E-state index contributed by atoms with van der Waals surface area (Å²) in [5.41, 5.74) is 2.02. The fourth-order valence-electron chi connectivity index (χ4n) is 4.68. The molecular weight excluding hydrogens is 526 g/mol. The predicted molar refractivity (Wildman–Crippen MR) is 155 cm³/mol. The molecule has 0 aromatic heterocycles. The van der Waals surface area contributed by atoms with Crippen molar-refractivity contribution < 1.29 is 22.7 Å². The monoisotopic (exact) mass is 563 g/mol. The van der Waals surface area contributed by atoms with Crippen molar-refractivity contribution >= 4 is 21.8 Å². The molecule has 3 aromatic carbocycles. The van der Waals surface area contributed by atoms with E-state index < -0.39 is 21.9 Å². The van der Waals surface area contributed by atoms with E-state index in [2.05, 4.69) is 10.6 Å². The van der Waals surface area contributed by atoms with Crippen molar-refractivity contribution in [3.8, 4) is 0 Å². The van der Waals surface area contributed by atoms with E-state index in [1.807, 2.05) is 60.7 Å². The molecule has 8 nitrogen and oxygen atoms in total. The molecule has 3 amide bonds. The van der Waals surface area contributed by atoms with Gasteiger partial charge < -0.3 is 20.3 Å². The molecule has 40 heavy (non-hydrogen) atoms. The Kier molecular flexibility index (Phi) is 10.7. The number of amides is 3. The molecule has 0 aliphatic carbocycles. The second-order valence-corrected chi connectivity index (χ2v) is 12.1. The number of sulfone groups is 1. The van der Waals surface area contributed by atoms with Crippen LogP contribution in [0.3, 0.4) is 0 Å². The molecular formula is C31H37N3O5S. The summed E-state index contributed by atoms with van der Waals surface area (Å²) in [7, 11) is -3.52. The van der Waals surface area contributed by atoms with Crippen molar-refractivity contribution in [3.05, 3.63) is 102 Å². The number of hydrogen-bond acceptors (Lipinski definition) is 5. The van der Waals surface area contributed by atoms with E-state index in [1.54, 1.807) is 35.2 Å². The topological polar surface area (TPSA) is 105 Å². The summed E-state index contributed by atoms with van der Waals surface area (Å²) in [5, 5.41) is 5.99. The summed E-state index contributed by atoms with van der Waals surface area (Å²) >= 11 is 0. The molecule has 2 N–H and O–H groups in total. The number of nitrogens with one attached hydrogen (secondary N) is 2. The van der Waals surface area contributed by atoms with Gasteiger partial charge in [0.15, 0.2) is 9.84 Å². The lowest BCUT2D eigenvalue weighted by Gasteiger charge is -2.30. The van der Waals surface area contributed by atoms with Gasteiger partial charge in [-0.05, 0) is 42.5 Å². The van der Waals surface area contributed by atoms with Crippen molar-refractivity contribution in [3.63, 3.8) is 0 Å². The third-order valence-electron chi connectivity index (χ3n) is 7.00. The summed E-state index contributed by atoms with van der Waals surface area (Å²) in [6.07, 6.45) is 1.82. The molecule has 0 radical (unpaired) electrons. The second kappa shape index (κ2) is 14.6. The molecule has 4 rings (SSSR count). The van der Waals surface area contributed by atoms with Crippen molar-refractivity contribution in [1.82, 2.24) is 15.5 Å². The van der Waals surface area contributed by atoms with Crippen LogP contribution < -0.4 is 10.6 Å². The van der Waals surface area contributed by atoms with Crippen molar-refractivity contribution in [2.24, 2.45) is 0 Å². The van der Waals surface area contributed by atoms with Gasteiger partial charge in [0.05, 0.1) is 23.9 Å². The maximum absolute atomic E-state index is 13.7. The van der Waals surface area contributed by atoms with E-state index in [0.29, 0.717) is 45.6 Å². The molecule has 0 spiro atoms. The molecule has 1 fully saturated rings. The van der Waals surface area contributed by atoms with Gasteiger partial charge in [0, 0.05) is 25.6 Å². The summed E-state index contributed by atoms with van der Waals surface area (Å²) in [6.45, 7) is 1.84. The number of ether oxygens (including phenoxy) is 1.